The maximum absolute atomic E-state index is 12.5. The molecule has 0 bridgehead atoms. The second kappa shape index (κ2) is 6.27. The van der Waals surface area contributed by atoms with Gasteiger partial charge in [0.15, 0.2) is 0 Å². The van der Waals surface area contributed by atoms with E-state index in [4.69, 9.17) is 5.73 Å². The molecule has 0 spiro atoms. The van der Waals surface area contributed by atoms with E-state index in [0.29, 0.717) is 5.56 Å². The Morgan fingerprint density at radius 2 is 2.00 bits per heavy atom. The van der Waals surface area contributed by atoms with Crippen molar-refractivity contribution in [1.29, 1.82) is 0 Å². The molecule has 0 aliphatic carbocycles. The Hall–Kier alpha value is -2.25. The lowest BCUT2D eigenvalue weighted by Crippen LogP contribution is -2.46. The van der Waals surface area contributed by atoms with E-state index in [-0.39, 0.29) is 6.54 Å². The van der Waals surface area contributed by atoms with Gasteiger partial charge in [0.2, 0.25) is 5.91 Å². The molecule has 1 aromatic rings. The maximum Gasteiger partial charge on any atom is 0.416 e. The van der Waals surface area contributed by atoms with Crippen LogP contribution in [0.2, 0.25) is 0 Å². The number of hydrogen-bond donors (Lipinski definition) is 3. The van der Waals surface area contributed by atoms with Gasteiger partial charge in [-0.2, -0.15) is 13.2 Å². The third kappa shape index (κ3) is 4.79. The molecular weight excluding hydrogens is 275 g/mol. The molecule has 1 atom stereocenters. The van der Waals surface area contributed by atoms with Crippen LogP contribution in [0.4, 0.5) is 18.0 Å². The van der Waals surface area contributed by atoms with Crippen LogP contribution in [0.1, 0.15) is 18.1 Å². The normalized spacial score (nSPS) is 12.6. The molecule has 0 aliphatic rings. The molecule has 0 heterocycles. The summed E-state index contributed by atoms with van der Waals surface area (Å²) in [6.07, 6.45) is -4.43. The van der Waals surface area contributed by atoms with Gasteiger partial charge in [0.25, 0.3) is 0 Å². The molecule has 3 amide bonds. The van der Waals surface area contributed by atoms with Crippen LogP contribution in [-0.4, -0.2) is 18.0 Å². The molecule has 1 unspecified atom stereocenters. The number of rotatable bonds is 4. The Kier molecular flexibility index (Phi) is 4.95. The van der Waals surface area contributed by atoms with Crippen LogP contribution in [0.25, 0.3) is 0 Å². The first-order chi connectivity index (χ1) is 9.20. The summed E-state index contributed by atoms with van der Waals surface area (Å²) in [4.78, 5) is 22.1. The van der Waals surface area contributed by atoms with Gasteiger partial charge in [-0.25, -0.2) is 4.79 Å². The Morgan fingerprint density at radius 1 is 1.35 bits per heavy atom. The summed E-state index contributed by atoms with van der Waals surface area (Å²) in [5, 5.41) is 4.57. The number of nitrogens with two attached hydrogens (primary N) is 1. The number of benzene rings is 1. The third-order valence-electron chi connectivity index (χ3n) is 2.47. The van der Waals surface area contributed by atoms with Crippen molar-refractivity contribution < 1.29 is 22.8 Å². The molecular formula is C12H14F3N3O2. The van der Waals surface area contributed by atoms with Gasteiger partial charge in [0.05, 0.1) is 5.56 Å². The molecule has 0 saturated carbocycles. The van der Waals surface area contributed by atoms with Gasteiger partial charge in [0, 0.05) is 6.54 Å². The van der Waals surface area contributed by atoms with Crippen molar-refractivity contribution in [2.75, 3.05) is 0 Å². The highest BCUT2D eigenvalue weighted by molar-refractivity contribution is 5.86. The van der Waals surface area contributed by atoms with Crippen molar-refractivity contribution in [2.24, 2.45) is 5.73 Å². The number of amides is 3. The number of hydrogen-bond acceptors (Lipinski definition) is 2. The van der Waals surface area contributed by atoms with E-state index in [1.807, 2.05) is 0 Å². The Bertz CT molecular complexity index is 503. The second-order valence-electron chi connectivity index (χ2n) is 4.15. The average molecular weight is 289 g/mol. The molecule has 8 heteroatoms. The number of alkyl halides is 3. The van der Waals surface area contributed by atoms with Crippen LogP contribution < -0.4 is 16.4 Å². The van der Waals surface area contributed by atoms with Crippen LogP contribution in [0.5, 0.6) is 0 Å². The molecule has 0 fully saturated rings. The molecule has 0 radical (unpaired) electrons. The van der Waals surface area contributed by atoms with Crippen LogP contribution >= 0.6 is 0 Å². The molecule has 20 heavy (non-hydrogen) atoms. The Balaban J connectivity index is 2.62. The second-order valence-corrected chi connectivity index (χ2v) is 4.15. The maximum atomic E-state index is 12.5. The van der Waals surface area contributed by atoms with E-state index in [1.165, 1.54) is 19.1 Å². The first-order valence-electron chi connectivity index (χ1n) is 5.70. The number of carbonyl (C=O) groups excluding carboxylic acids is 2. The van der Waals surface area contributed by atoms with Crippen molar-refractivity contribution >= 4 is 11.9 Å². The van der Waals surface area contributed by atoms with E-state index in [0.717, 1.165) is 12.1 Å². The van der Waals surface area contributed by atoms with E-state index in [2.05, 4.69) is 10.6 Å². The van der Waals surface area contributed by atoms with E-state index in [9.17, 15) is 22.8 Å². The largest absolute Gasteiger partial charge is 0.416 e. The predicted octanol–water partition coefficient (Wildman–Crippen LogP) is 1.38. The van der Waals surface area contributed by atoms with Gasteiger partial charge < -0.3 is 16.4 Å². The van der Waals surface area contributed by atoms with Crippen LogP contribution in [0.3, 0.4) is 0 Å². The van der Waals surface area contributed by atoms with Gasteiger partial charge in [-0.05, 0) is 24.6 Å². The zero-order valence-corrected chi connectivity index (χ0v) is 10.6. The van der Waals surface area contributed by atoms with Crippen LogP contribution in [-0.2, 0) is 17.5 Å². The Morgan fingerprint density at radius 3 is 2.55 bits per heavy atom. The minimum Gasteiger partial charge on any atom is -0.352 e. The molecule has 0 aliphatic heterocycles. The van der Waals surface area contributed by atoms with Crippen molar-refractivity contribution in [3.05, 3.63) is 35.4 Å². The topological polar surface area (TPSA) is 84.2 Å². The molecule has 1 rings (SSSR count). The highest BCUT2D eigenvalue weighted by Crippen LogP contribution is 2.29. The number of urea groups is 1. The highest BCUT2D eigenvalue weighted by Gasteiger charge is 2.30. The van der Waals surface area contributed by atoms with Gasteiger partial charge in [0.1, 0.15) is 6.04 Å². The number of carbonyl (C=O) groups is 2. The fourth-order valence-electron chi connectivity index (χ4n) is 1.48. The molecule has 1 aromatic carbocycles. The van der Waals surface area contributed by atoms with Crippen molar-refractivity contribution in [1.82, 2.24) is 10.6 Å². The van der Waals surface area contributed by atoms with Crippen molar-refractivity contribution in [2.45, 2.75) is 25.7 Å². The van der Waals surface area contributed by atoms with Crippen molar-refractivity contribution in [3.63, 3.8) is 0 Å². The lowest BCUT2D eigenvalue weighted by atomic mass is 10.1. The summed E-state index contributed by atoms with van der Waals surface area (Å²) in [6.45, 7) is 1.33. The molecule has 5 nitrogen and oxygen atoms in total. The fraction of sp³-hybridized carbons (Fsp3) is 0.333. The zero-order valence-electron chi connectivity index (χ0n) is 10.6. The molecule has 0 aromatic heterocycles. The van der Waals surface area contributed by atoms with Crippen molar-refractivity contribution in [3.8, 4) is 0 Å². The van der Waals surface area contributed by atoms with Gasteiger partial charge in [-0.3, -0.25) is 4.79 Å². The van der Waals surface area contributed by atoms with Gasteiger partial charge in [-0.15, -0.1) is 0 Å². The van der Waals surface area contributed by atoms with Gasteiger partial charge >= 0.3 is 12.2 Å². The summed E-state index contributed by atoms with van der Waals surface area (Å²) in [5.41, 5.74) is 4.37. The predicted molar refractivity (Wildman–Crippen MR) is 65.5 cm³/mol. The number of halogens is 3. The van der Waals surface area contributed by atoms with E-state index < -0.39 is 29.7 Å². The lowest BCUT2D eigenvalue weighted by molar-refractivity contribution is -0.137. The summed E-state index contributed by atoms with van der Waals surface area (Å²) in [5.74, 6) is -0.541. The zero-order chi connectivity index (χ0) is 15.3. The Labute approximate surface area is 113 Å². The van der Waals surface area contributed by atoms with E-state index in [1.54, 1.807) is 0 Å². The van der Waals surface area contributed by atoms with Gasteiger partial charge in [-0.1, -0.05) is 12.1 Å². The first kappa shape index (κ1) is 15.8. The number of primary amides is 1. The SMILES string of the molecule is CC(NC(N)=O)C(=O)NCc1cccc(C(F)(F)F)c1. The highest BCUT2D eigenvalue weighted by atomic mass is 19.4. The quantitative estimate of drug-likeness (QED) is 0.782. The smallest absolute Gasteiger partial charge is 0.352 e. The molecule has 0 saturated heterocycles. The van der Waals surface area contributed by atoms with E-state index >= 15 is 0 Å². The summed E-state index contributed by atoms with van der Waals surface area (Å²) in [7, 11) is 0. The minimum absolute atomic E-state index is 0.0759. The summed E-state index contributed by atoms with van der Waals surface area (Å²) < 4.78 is 37.5. The standard InChI is InChI=1S/C12H14F3N3O2/c1-7(18-11(16)20)10(19)17-6-8-3-2-4-9(5-8)12(13,14)15/h2-5,7H,6H2,1H3,(H,17,19)(H3,16,18,20). The molecule has 4 N–H and O–H groups in total. The van der Waals surface area contributed by atoms with Crippen LogP contribution in [0, 0.1) is 0 Å². The molecule has 110 valence electrons. The third-order valence-corrected chi connectivity index (χ3v) is 2.47. The minimum atomic E-state index is -4.43. The monoisotopic (exact) mass is 289 g/mol. The number of nitrogens with one attached hydrogen (secondary N) is 2. The lowest BCUT2D eigenvalue weighted by Gasteiger charge is -2.13. The fourth-order valence-corrected chi connectivity index (χ4v) is 1.48. The first-order valence-corrected chi connectivity index (χ1v) is 5.70. The average Bonchev–Trinajstić information content (AvgIpc) is 2.34. The summed E-state index contributed by atoms with van der Waals surface area (Å²) in [6, 6.07) is 2.90. The summed E-state index contributed by atoms with van der Waals surface area (Å²) >= 11 is 0. The van der Waals surface area contributed by atoms with Crippen LogP contribution in [0.15, 0.2) is 24.3 Å².